The number of benzene rings is 4. The maximum absolute atomic E-state index is 6.22. The van der Waals surface area contributed by atoms with E-state index < -0.39 is 0 Å². The summed E-state index contributed by atoms with van der Waals surface area (Å²) in [5, 5.41) is 2.65. The lowest BCUT2D eigenvalue weighted by Gasteiger charge is -2.24. The Morgan fingerprint density at radius 3 is 2.42 bits per heavy atom. The van der Waals surface area contributed by atoms with Crippen molar-refractivity contribution in [3.63, 3.8) is 0 Å². The third kappa shape index (κ3) is 5.53. The van der Waals surface area contributed by atoms with E-state index in [2.05, 4.69) is 131 Å². The van der Waals surface area contributed by atoms with Crippen molar-refractivity contribution in [1.82, 2.24) is 0 Å². The Balaban J connectivity index is 1.65. The first-order chi connectivity index (χ1) is 19.4. The van der Waals surface area contributed by atoms with Gasteiger partial charge in [0.25, 0.3) is 0 Å². The summed E-state index contributed by atoms with van der Waals surface area (Å²) in [7, 11) is 0. The summed E-state index contributed by atoms with van der Waals surface area (Å²) >= 11 is 0. The van der Waals surface area contributed by atoms with Crippen LogP contribution in [0.15, 0.2) is 103 Å². The third-order valence-corrected chi connectivity index (χ3v) is 8.39. The smallest absolute Gasteiger partial charge is 0.0261 e. The number of aryl methyl sites for hydroxylation is 2. The second-order valence-electron chi connectivity index (χ2n) is 11.3. The Bertz CT molecular complexity index is 1650. The largest absolute Gasteiger partial charge is 0.324 e. The number of hydrogen-bond donors (Lipinski definition) is 1. The summed E-state index contributed by atoms with van der Waals surface area (Å²) in [6.45, 7) is 12.6. The van der Waals surface area contributed by atoms with Crippen LogP contribution >= 0.6 is 0 Å². The van der Waals surface area contributed by atoms with Crippen LogP contribution < -0.4 is 5.73 Å². The Labute approximate surface area is 240 Å². The molecule has 1 aliphatic carbocycles. The number of fused-ring (bicyclic) bond motifs is 2. The Morgan fingerprint density at radius 1 is 0.950 bits per heavy atom. The third-order valence-electron chi connectivity index (χ3n) is 8.39. The molecule has 2 N–H and O–H groups in total. The molecule has 1 nitrogen and oxygen atoms in total. The van der Waals surface area contributed by atoms with E-state index in [1.165, 1.54) is 66.4 Å². The average Bonchev–Trinajstić information content (AvgIpc) is 2.96. The van der Waals surface area contributed by atoms with Crippen molar-refractivity contribution >= 4 is 22.9 Å². The summed E-state index contributed by atoms with van der Waals surface area (Å²) in [4.78, 5) is 0. The molecule has 1 aliphatic rings. The van der Waals surface area contributed by atoms with Gasteiger partial charge < -0.3 is 5.73 Å². The lowest BCUT2D eigenvalue weighted by atomic mass is 9.79. The molecule has 1 heteroatoms. The minimum Gasteiger partial charge on any atom is -0.324 e. The molecule has 0 amide bonds. The number of hydrogen-bond acceptors (Lipinski definition) is 1. The normalized spacial score (nSPS) is 14.9. The van der Waals surface area contributed by atoms with Crippen molar-refractivity contribution in [3.05, 3.63) is 131 Å². The Morgan fingerprint density at radius 2 is 1.68 bits per heavy atom. The lowest BCUT2D eigenvalue weighted by molar-refractivity contribution is 0.788. The Hall–Kier alpha value is -3.94. The van der Waals surface area contributed by atoms with Gasteiger partial charge in [-0.15, -0.1) is 6.58 Å². The summed E-state index contributed by atoms with van der Waals surface area (Å²) < 4.78 is 0. The molecule has 2 unspecified atom stereocenters. The van der Waals surface area contributed by atoms with Crippen LogP contribution in [-0.4, -0.2) is 6.04 Å². The van der Waals surface area contributed by atoms with Crippen molar-refractivity contribution in [2.45, 2.75) is 53.0 Å². The zero-order chi connectivity index (χ0) is 28.2. The second kappa shape index (κ2) is 12.1. The molecule has 4 aromatic rings. The van der Waals surface area contributed by atoms with Crippen LogP contribution in [0.25, 0.3) is 45.2 Å². The standard InChI is InChI=1S/C39H41N/c1-6-13-32(40)24-29(5)26(2)20-22-30-25-31(23-21-27(30)3)38-34-16-9-11-18-36(34)39(33-15-8-7-14-28(33)4)37-19-12-10-17-35(37)38/h6-11,14-18,20-26,32H,1,12-13,19,40H2,2-5H3/b22-20-,29-24+. The maximum atomic E-state index is 6.22. The van der Waals surface area contributed by atoms with Crippen molar-refractivity contribution in [2.24, 2.45) is 11.7 Å². The van der Waals surface area contributed by atoms with E-state index >= 15 is 0 Å². The van der Waals surface area contributed by atoms with Gasteiger partial charge in [-0.05, 0) is 113 Å². The highest BCUT2D eigenvalue weighted by Crippen LogP contribution is 2.45. The molecule has 5 rings (SSSR count). The fraction of sp³-hybridized carbons (Fsp3) is 0.231. The molecule has 2 atom stereocenters. The first-order valence-electron chi connectivity index (χ1n) is 14.5. The van der Waals surface area contributed by atoms with Crippen LogP contribution in [0, 0.1) is 19.8 Å². The highest BCUT2D eigenvalue weighted by Gasteiger charge is 2.22. The summed E-state index contributed by atoms with van der Waals surface area (Å²) in [5.41, 5.74) is 19.6. The van der Waals surface area contributed by atoms with Gasteiger partial charge in [0.15, 0.2) is 0 Å². The predicted molar refractivity (Wildman–Crippen MR) is 176 cm³/mol. The van der Waals surface area contributed by atoms with Gasteiger partial charge in [0.05, 0.1) is 0 Å². The van der Waals surface area contributed by atoms with Crippen molar-refractivity contribution in [2.75, 3.05) is 0 Å². The molecular formula is C39H41N. The van der Waals surface area contributed by atoms with Crippen LogP contribution in [-0.2, 0) is 6.42 Å². The van der Waals surface area contributed by atoms with Gasteiger partial charge in [-0.25, -0.2) is 0 Å². The maximum Gasteiger partial charge on any atom is 0.0261 e. The summed E-state index contributed by atoms with van der Waals surface area (Å²) in [6, 6.07) is 24.7. The van der Waals surface area contributed by atoms with Gasteiger partial charge in [0, 0.05) is 6.04 Å². The minimum absolute atomic E-state index is 0.0218. The predicted octanol–water partition coefficient (Wildman–Crippen LogP) is 10.2. The zero-order valence-corrected chi connectivity index (χ0v) is 24.4. The number of allylic oxidation sites excluding steroid dienone is 3. The van der Waals surface area contributed by atoms with Gasteiger partial charge in [-0.1, -0.05) is 110 Å². The van der Waals surface area contributed by atoms with Crippen LogP contribution in [0.5, 0.6) is 0 Å². The van der Waals surface area contributed by atoms with Crippen molar-refractivity contribution in [1.29, 1.82) is 0 Å². The van der Waals surface area contributed by atoms with Gasteiger partial charge in [0.1, 0.15) is 0 Å². The van der Waals surface area contributed by atoms with E-state index in [-0.39, 0.29) is 6.04 Å². The average molecular weight is 524 g/mol. The number of nitrogens with two attached hydrogens (primary N) is 1. The first kappa shape index (κ1) is 27.6. The molecule has 0 aliphatic heterocycles. The van der Waals surface area contributed by atoms with Crippen LogP contribution in [0.4, 0.5) is 0 Å². The SMILES string of the molecule is C=CCC(N)/C=C(\C)C(C)/C=C\c1cc(-c2c3c(c(-c4ccccc4C)c4ccccc24)CCC=C3)ccc1C. The minimum atomic E-state index is 0.0218. The van der Waals surface area contributed by atoms with Gasteiger partial charge in [0.2, 0.25) is 0 Å². The second-order valence-corrected chi connectivity index (χ2v) is 11.3. The molecule has 4 aromatic carbocycles. The molecule has 0 bridgehead atoms. The van der Waals surface area contributed by atoms with Crippen molar-refractivity contribution < 1.29 is 0 Å². The van der Waals surface area contributed by atoms with E-state index in [4.69, 9.17) is 5.73 Å². The number of rotatable bonds is 8. The highest BCUT2D eigenvalue weighted by atomic mass is 14.6. The van der Waals surface area contributed by atoms with E-state index in [0.717, 1.165) is 19.3 Å². The monoisotopic (exact) mass is 523 g/mol. The molecule has 202 valence electrons. The fourth-order valence-corrected chi connectivity index (χ4v) is 5.98. The summed E-state index contributed by atoms with van der Waals surface area (Å²) in [5.74, 6) is 0.309. The lowest BCUT2D eigenvalue weighted by Crippen LogP contribution is -2.16. The van der Waals surface area contributed by atoms with E-state index in [1.54, 1.807) is 0 Å². The summed E-state index contributed by atoms with van der Waals surface area (Å²) in [6.07, 6.45) is 16.3. The van der Waals surface area contributed by atoms with Crippen LogP contribution in [0.1, 0.15) is 54.5 Å². The first-order valence-corrected chi connectivity index (χ1v) is 14.5. The van der Waals surface area contributed by atoms with Gasteiger partial charge >= 0.3 is 0 Å². The molecule has 0 fully saturated rings. The molecule has 0 spiro atoms. The van der Waals surface area contributed by atoms with Crippen LogP contribution in [0.3, 0.4) is 0 Å². The molecule has 0 aromatic heterocycles. The Kier molecular flexibility index (Phi) is 8.33. The topological polar surface area (TPSA) is 26.0 Å². The van der Waals surface area contributed by atoms with Crippen LogP contribution in [0.2, 0.25) is 0 Å². The zero-order valence-electron chi connectivity index (χ0n) is 24.4. The molecule has 0 saturated heterocycles. The molecule has 0 saturated carbocycles. The molecular weight excluding hydrogens is 482 g/mol. The fourth-order valence-electron chi connectivity index (χ4n) is 5.98. The van der Waals surface area contributed by atoms with Gasteiger partial charge in [-0.3, -0.25) is 0 Å². The van der Waals surface area contributed by atoms with Crippen molar-refractivity contribution in [3.8, 4) is 22.3 Å². The highest BCUT2D eigenvalue weighted by molar-refractivity contribution is 6.10. The molecule has 40 heavy (non-hydrogen) atoms. The van der Waals surface area contributed by atoms with E-state index in [9.17, 15) is 0 Å². The van der Waals surface area contributed by atoms with E-state index in [0.29, 0.717) is 5.92 Å². The quantitative estimate of drug-likeness (QED) is 0.228. The van der Waals surface area contributed by atoms with Gasteiger partial charge in [-0.2, -0.15) is 0 Å². The molecule has 0 heterocycles. The van der Waals surface area contributed by atoms with E-state index in [1.807, 2.05) is 6.08 Å². The molecule has 0 radical (unpaired) electrons.